The number of nitrogens with zero attached hydrogens (tertiary/aromatic N) is 2. The van der Waals surface area contributed by atoms with E-state index in [1.165, 1.54) is 4.90 Å². The third-order valence-corrected chi connectivity index (χ3v) is 9.36. The predicted octanol–water partition coefficient (Wildman–Crippen LogP) is 6.81. The Morgan fingerprint density at radius 1 is 0.907 bits per heavy atom. The van der Waals surface area contributed by atoms with Crippen LogP contribution >= 0.6 is 23.2 Å². The molecule has 2 amide bonds. The number of halogens is 2. The third-order valence-electron chi connectivity index (χ3n) is 7.51. The van der Waals surface area contributed by atoms with Gasteiger partial charge in [-0.05, 0) is 67.8 Å². The zero-order valence-corrected chi connectivity index (χ0v) is 26.7. The lowest BCUT2D eigenvalue weighted by atomic mass is 9.95. The van der Waals surface area contributed by atoms with Crippen LogP contribution in [-0.4, -0.2) is 50.0 Å². The Morgan fingerprint density at radius 2 is 1.51 bits per heavy atom. The highest BCUT2D eigenvalue weighted by molar-refractivity contribution is 7.92. The molecule has 0 saturated heterocycles. The molecule has 1 fully saturated rings. The molecular weight excluding hydrogens is 609 g/mol. The number of amides is 2. The number of carbonyl (C=O) groups excluding carboxylic acids is 2. The van der Waals surface area contributed by atoms with Gasteiger partial charge in [-0.1, -0.05) is 73.7 Å². The molecular formula is C32H37Cl2N3O5S. The molecule has 1 aliphatic carbocycles. The van der Waals surface area contributed by atoms with E-state index in [4.69, 9.17) is 27.9 Å². The Balaban J connectivity index is 1.61. The normalized spacial score (nSPS) is 14.5. The van der Waals surface area contributed by atoms with Gasteiger partial charge in [0.25, 0.3) is 0 Å². The van der Waals surface area contributed by atoms with E-state index in [1.807, 2.05) is 37.3 Å². The molecule has 11 heteroatoms. The molecule has 0 bridgehead atoms. The van der Waals surface area contributed by atoms with E-state index < -0.39 is 28.5 Å². The van der Waals surface area contributed by atoms with Crippen molar-refractivity contribution in [3.63, 3.8) is 0 Å². The van der Waals surface area contributed by atoms with Gasteiger partial charge in [-0.15, -0.1) is 0 Å². The van der Waals surface area contributed by atoms with Crippen LogP contribution in [0.25, 0.3) is 0 Å². The van der Waals surface area contributed by atoms with Gasteiger partial charge in [0.15, 0.2) is 0 Å². The Hall–Kier alpha value is -3.27. The molecule has 8 nitrogen and oxygen atoms in total. The van der Waals surface area contributed by atoms with Gasteiger partial charge in [-0.25, -0.2) is 8.42 Å². The number of carbonyl (C=O) groups is 2. The molecule has 1 N–H and O–H groups in total. The number of hydrogen-bond donors (Lipinski definition) is 1. The molecule has 0 heterocycles. The maximum Gasteiger partial charge on any atom is 0.244 e. The van der Waals surface area contributed by atoms with Crippen LogP contribution in [0.3, 0.4) is 0 Å². The number of hydrogen-bond acceptors (Lipinski definition) is 5. The second kappa shape index (κ2) is 14.9. The summed E-state index contributed by atoms with van der Waals surface area (Å²) in [5, 5.41) is 3.81. The smallest absolute Gasteiger partial charge is 0.244 e. The van der Waals surface area contributed by atoms with Gasteiger partial charge >= 0.3 is 0 Å². The number of anilines is 1. The van der Waals surface area contributed by atoms with Gasteiger partial charge < -0.3 is 15.0 Å². The summed E-state index contributed by atoms with van der Waals surface area (Å²) in [6, 6.07) is 19.8. The summed E-state index contributed by atoms with van der Waals surface area (Å²) in [5.74, 6) is 0.308. The van der Waals surface area contributed by atoms with Crippen LogP contribution < -0.4 is 14.4 Å². The molecule has 43 heavy (non-hydrogen) atoms. The standard InChI is InChI=1S/C32H37Cl2N3O5S/c1-3-30(32(39)35-23-11-6-4-7-12-23)36(21-27-28(33)15-10-16-29(27)34)31(38)22-37(43(2,40)41)24-17-19-26(20-18-24)42-25-13-8-5-9-14-25/h5,8-10,13-20,23,30H,3-4,6-7,11-12,21-22H2,1-2H3,(H,35,39)/t30-/m0/s1. The summed E-state index contributed by atoms with van der Waals surface area (Å²) in [7, 11) is -3.89. The first kappa shape index (κ1) is 32.6. The lowest BCUT2D eigenvalue weighted by Gasteiger charge is -2.34. The first-order chi connectivity index (χ1) is 20.6. The van der Waals surface area contributed by atoms with Gasteiger partial charge in [0.05, 0.1) is 11.9 Å². The SMILES string of the molecule is CC[C@@H](C(=O)NC1CCCCC1)N(Cc1c(Cl)cccc1Cl)C(=O)CN(c1ccc(Oc2ccccc2)cc1)S(C)(=O)=O. The Morgan fingerprint density at radius 3 is 2.09 bits per heavy atom. The zero-order valence-electron chi connectivity index (χ0n) is 24.3. The van der Waals surface area contributed by atoms with Gasteiger partial charge in [-0.2, -0.15) is 0 Å². The first-order valence-electron chi connectivity index (χ1n) is 14.4. The third kappa shape index (κ3) is 8.87. The molecule has 4 rings (SSSR count). The van der Waals surface area contributed by atoms with Crippen molar-refractivity contribution < 1.29 is 22.7 Å². The van der Waals surface area contributed by atoms with Crippen LogP contribution in [-0.2, 0) is 26.2 Å². The summed E-state index contributed by atoms with van der Waals surface area (Å²) in [6.45, 7) is 1.24. The van der Waals surface area contributed by atoms with Crippen molar-refractivity contribution >= 4 is 50.7 Å². The second-order valence-electron chi connectivity index (χ2n) is 10.7. The summed E-state index contributed by atoms with van der Waals surface area (Å²) in [5.41, 5.74) is 0.767. The Labute approximate surface area is 264 Å². The van der Waals surface area contributed by atoms with Crippen molar-refractivity contribution in [2.24, 2.45) is 0 Å². The van der Waals surface area contributed by atoms with Crippen molar-refractivity contribution in [2.45, 2.75) is 64.1 Å². The zero-order chi connectivity index (χ0) is 31.0. The number of para-hydroxylation sites is 1. The van der Waals surface area contributed by atoms with E-state index in [2.05, 4.69) is 5.32 Å². The van der Waals surface area contributed by atoms with E-state index in [0.717, 1.165) is 42.7 Å². The average molecular weight is 647 g/mol. The molecule has 0 radical (unpaired) electrons. The van der Waals surface area contributed by atoms with Crippen molar-refractivity contribution in [1.29, 1.82) is 0 Å². The molecule has 3 aromatic rings. The van der Waals surface area contributed by atoms with E-state index in [-0.39, 0.29) is 24.2 Å². The molecule has 0 aromatic heterocycles. The lowest BCUT2D eigenvalue weighted by molar-refractivity contribution is -0.140. The Kier molecular flexibility index (Phi) is 11.3. The maximum atomic E-state index is 14.0. The van der Waals surface area contributed by atoms with Crippen molar-refractivity contribution in [1.82, 2.24) is 10.2 Å². The van der Waals surface area contributed by atoms with E-state index in [9.17, 15) is 18.0 Å². The molecule has 1 saturated carbocycles. The summed E-state index contributed by atoms with van der Waals surface area (Å²) < 4.78 is 32.8. The number of benzene rings is 3. The molecule has 230 valence electrons. The van der Waals surface area contributed by atoms with Crippen molar-refractivity contribution in [2.75, 3.05) is 17.1 Å². The van der Waals surface area contributed by atoms with Gasteiger partial charge in [0.1, 0.15) is 24.1 Å². The minimum atomic E-state index is -3.89. The van der Waals surface area contributed by atoms with E-state index in [0.29, 0.717) is 33.5 Å². The second-order valence-corrected chi connectivity index (χ2v) is 13.4. The summed E-state index contributed by atoms with van der Waals surface area (Å²) in [6.07, 6.45) is 6.35. The molecule has 0 spiro atoms. The average Bonchev–Trinajstić information content (AvgIpc) is 2.98. The fraction of sp³-hybridized carbons (Fsp3) is 0.375. The molecule has 3 aromatic carbocycles. The maximum absolute atomic E-state index is 14.0. The van der Waals surface area contributed by atoms with Crippen molar-refractivity contribution in [3.05, 3.63) is 88.4 Å². The number of sulfonamides is 1. The molecule has 1 aliphatic rings. The quantitative estimate of drug-likeness (QED) is 0.233. The fourth-order valence-corrected chi connectivity index (χ4v) is 6.60. The van der Waals surface area contributed by atoms with Gasteiger partial charge in [-0.3, -0.25) is 13.9 Å². The first-order valence-corrected chi connectivity index (χ1v) is 17.0. The summed E-state index contributed by atoms with van der Waals surface area (Å²) in [4.78, 5) is 29.0. The van der Waals surface area contributed by atoms with Crippen LogP contribution in [0.15, 0.2) is 72.8 Å². The van der Waals surface area contributed by atoms with Crippen LogP contribution in [0.5, 0.6) is 11.5 Å². The number of nitrogens with one attached hydrogen (secondary N) is 1. The van der Waals surface area contributed by atoms with Crippen LogP contribution in [0.2, 0.25) is 10.0 Å². The number of ether oxygens (including phenoxy) is 1. The van der Waals surface area contributed by atoms with Crippen LogP contribution in [0.4, 0.5) is 5.69 Å². The van der Waals surface area contributed by atoms with E-state index in [1.54, 1.807) is 42.5 Å². The minimum Gasteiger partial charge on any atom is -0.457 e. The van der Waals surface area contributed by atoms with E-state index >= 15 is 0 Å². The van der Waals surface area contributed by atoms with Crippen LogP contribution in [0, 0.1) is 0 Å². The van der Waals surface area contributed by atoms with Crippen LogP contribution in [0.1, 0.15) is 51.0 Å². The topological polar surface area (TPSA) is 96.0 Å². The molecule has 0 unspecified atom stereocenters. The van der Waals surface area contributed by atoms with Gasteiger partial charge in [0.2, 0.25) is 21.8 Å². The predicted molar refractivity (Wildman–Crippen MR) is 171 cm³/mol. The fourth-order valence-electron chi connectivity index (χ4n) is 5.24. The summed E-state index contributed by atoms with van der Waals surface area (Å²) >= 11 is 12.9. The highest BCUT2D eigenvalue weighted by atomic mass is 35.5. The van der Waals surface area contributed by atoms with Gasteiger partial charge in [0, 0.05) is 28.2 Å². The molecule has 0 aliphatic heterocycles. The highest BCUT2D eigenvalue weighted by Gasteiger charge is 2.33. The largest absolute Gasteiger partial charge is 0.457 e. The lowest BCUT2D eigenvalue weighted by Crippen LogP contribution is -2.54. The molecule has 1 atom stereocenters. The minimum absolute atomic E-state index is 0.0419. The monoisotopic (exact) mass is 645 g/mol. The number of rotatable bonds is 12. The highest BCUT2D eigenvalue weighted by Crippen LogP contribution is 2.29. The Bertz CT molecular complexity index is 1480. The van der Waals surface area contributed by atoms with Crippen molar-refractivity contribution in [3.8, 4) is 11.5 Å².